The van der Waals surface area contributed by atoms with Gasteiger partial charge in [-0.05, 0) is 40.0 Å². The van der Waals surface area contributed by atoms with Crippen LogP contribution in [0.15, 0.2) is 0 Å². The van der Waals surface area contributed by atoms with Gasteiger partial charge < -0.3 is 24.7 Å². The van der Waals surface area contributed by atoms with E-state index in [2.05, 4.69) is 0 Å². The van der Waals surface area contributed by atoms with E-state index < -0.39 is 8.80 Å². The van der Waals surface area contributed by atoms with Crippen LogP contribution in [0.2, 0.25) is 5.04 Å². The van der Waals surface area contributed by atoms with Gasteiger partial charge in [0.05, 0.1) is 6.17 Å². The first-order valence-corrected chi connectivity index (χ1v) is 8.21. The lowest BCUT2D eigenvalue weighted by molar-refractivity contribution is 0.0553. The Kier molecular flexibility index (Phi) is 5.55. The summed E-state index contributed by atoms with van der Waals surface area (Å²) in [6.45, 7) is 7.73. The van der Waals surface area contributed by atoms with Crippen LogP contribution in [0.3, 0.4) is 0 Å². The average molecular weight is 262 g/mol. The molecule has 1 saturated carbocycles. The molecule has 0 aromatic carbocycles. The zero-order valence-corrected chi connectivity index (χ0v) is 12.2. The summed E-state index contributed by atoms with van der Waals surface area (Å²) >= 11 is 0. The van der Waals surface area contributed by atoms with Crippen molar-refractivity contribution in [2.45, 2.75) is 51.2 Å². The van der Waals surface area contributed by atoms with Crippen molar-refractivity contribution in [2.24, 2.45) is 11.5 Å². The number of hydrogen-bond donors (Lipinski definition) is 2. The molecule has 0 amide bonds. The van der Waals surface area contributed by atoms with Crippen LogP contribution >= 0.6 is 0 Å². The molecule has 1 rings (SSSR count). The van der Waals surface area contributed by atoms with E-state index in [-0.39, 0.29) is 11.2 Å². The summed E-state index contributed by atoms with van der Waals surface area (Å²) in [5.74, 6) is 0. The molecule has 5 nitrogen and oxygen atoms in total. The Morgan fingerprint density at radius 1 is 1.00 bits per heavy atom. The van der Waals surface area contributed by atoms with Crippen LogP contribution < -0.4 is 11.5 Å². The maximum atomic E-state index is 5.92. The molecule has 0 spiro atoms. The average Bonchev–Trinajstić information content (AvgIpc) is 2.99. The van der Waals surface area contributed by atoms with Gasteiger partial charge in [-0.2, -0.15) is 0 Å². The molecule has 0 heterocycles. The number of nitrogens with two attached hydrogens (primary N) is 2. The molecule has 0 saturated heterocycles. The summed E-state index contributed by atoms with van der Waals surface area (Å²) in [5, 5.41) is -0.0385. The zero-order valence-electron chi connectivity index (χ0n) is 11.2. The maximum absolute atomic E-state index is 5.92. The smallest absolute Gasteiger partial charge is 0.373 e. The molecule has 0 aliphatic heterocycles. The van der Waals surface area contributed by atoms with Crippen LogP contribution in [0, 0.1) is 0 Å². The van der Waals surface area contributed by atoms with Gasteiger partial charge in [-0.25, -0.2) is 0 Å². The quantitative estimate of drug-likeness (QED) is 0.482. The Hall–Kier alpha value is 0.0169. The second-order valence-corrected chi connectivity index (χ2v) is 7.54. The van der Waals surface area contributed by atoms with E-state index in [1.165, 1.54) is 0 Å². The summed E-state index contributed by atoms with van der Waals surface area (Å²) in [5.41, 5.74) is 11.5. The van der Waals surface area contributed by atoms with Gasteiger partial charge in [0.1, 0.15) is 0 Å². The molecule has 0 atom stereocenters. The van der Waals surface area contributed by atoms with E-state index in [0.29, 0.717) is 19.8 Å². The van der Waals surface area contributed by atoms with E-state index in [1.54, 1.807) is 0 Å². The lowest BCUT2D eigenvalue weighted by Gasteiger charge is -2.36. The molecule has 1 aliphatic rings. The standard InChI is InChI=1S/C11H26N2O3Si/c1-4-14-17(15-5-2,16-6-3)11(7-8-11)9-10(12)13/h10H,4-9,12-13H2,1-3H3. The third-order valence-electron chi connectivity index (χ3n) is 3.13. The molecular formula is C11H26N2O3Si. The molecule has 0 unspecified atom stereocenters. The molecule has 0 aromatic rings. The normalized spacial score (nSPS) is 18.7. The fraction of sp³-hybridized carbons (Fsp3) is 1.00. The highest BCUT2D eigenvalue weighted by atomic mass is 28.4. The van der Waals surface area contributed by atoms with Crippen molar-refractivity contribution in [3.8, 4) is 0 Å². The van der Waals surface area contributed by atoms with Crippen molar-refractivity contribution >= 4 is 8.80 Å². The zero-order chi connectivity index (χ0) is 12.9. The van der Waals surface area contributed by atoms with Gasteiger partial charge in [0.15, 0.2) is 0 Å². The Bertz CT molecular complexity index is 218. The minimum absolute atomic E-state index is 0.0385. The lowest BCUT2D eigenvalue weighted by Crippen LogP contribution is -2.53. The van der Waals surface area contributed by atoms with Crippen LogP contribution in [0.5, 0.6) is 0 Å². The third-order valence-corrected chi connectivity index (χ3v) is 7.14. The van der Waals surface area contributed by atoms with E-state index in [0.717, 1.165) is 19.3 Å². The van der Waals surface area contributed by atoms with Crippen LogP contribution in [0.1, 0.15) is 40.0 Å². The van der Waals surface area contributed by atoms with Crippen LogP contribution in [0.4, 0.5) is 0 Å². The fourth-order valence-corrected chi connectivity index (χ4v) is 5.92. The Labute approximate surface area is 105 Å². The van der Waals surface area contributed by atoms with Crippen molar-refractivity contribution in [2.75, 3.05) is 19.8 Å². The predicted octanol–water partition coefficient (Wildman–Crippen LogP) is 1.20. The largest absolute Gasteiger partial charge is 0.507 e. The highest BCUT2D eigenvalue weighted by molar-refractivity contribution is 6.65. The second-order valence-electron chi connectivity index (χ2n) is 4.50. The van der Waals surface area contributed by atoms with E-state index >= 15 is 0 Å². The Morgan fingerprint density at radius 2 is 1.41 bits per heavy atom. The first-order valence-electron chi connectivity index (χ1n) is 6.49. The lowest BCUT2D eigenvalue weighted by atomic mass is 10.2. The van der Waals surface area contributed by atoms with E-state index in [1.807, 2.05) is 20.8 Å². The highest BCUT2D eigenvalue weighted by Crippen LogP contribution is 2.64. The molecule has 0 bridgehead atoms. The maximum Gasteiger partial charge on any atom is 0.507 e. The van der Waals surface area contributed by atoms with E-state index in [4.69, 9.17) is 24.7 Å². The van der Waals surface area contributed by atoms with E-state index in [9.17, 15) is 0 Å². The summed E-state index contributed by atoms with van der Waals surface area (Å²) in [6.07, 6.45) is 2.48. The van der Waals surface area contributed by atoms with Crippen molar-refractivity contribution in [3.05, 3.63) is 0 Å². The van der Waals surface area contributed by atoms with Gasteiger partial charge in [-0.15, -0.1) is 0 Å². The first-order chi connectivity index (χ1) is 8.06. The minimum atomic E-state index is -2.63. The monoisotopic (exact) mass is 262 g/mol. The van der Waals surface area contributed by atoms with Gasteiger partial charge in [0.2, 0.25) is 0 Å². The molecular weight excluding hydrogens is 236 g/mol. The molecule has 4 N–H and O–H groups in total. The third kappa shape index (κ3) is 3.27. The molecule has 1 fully saturated rings. The van der Waals surface area contributed by atoms with Gasteiger partial charge >= 0.3 is 8.80 Å². The molecule has 17 heavy (non-hydrogen) atoms. The molecule has 0 aromatic heterocycles. The molecule has 6 heteroatoms. The minimum Gasteiger partial charge on any atom is -0.373 e. The van der Waals surface area contributed by atoms with Gasteiger partial charge in [0, 0.05) is 24.9 Å². The topological polar surface area (TPSA) is 79.7 Å². The van der Waals surface area contributed by atoms with Crippen molar-refractivity contribution in [3.63, 3.8) is 0 Å². The summed E-state index contributed by atoms with van der Waals surface area (Å²) in [6, 6.07) is 0. The summed E-state index contributed by atoms with van der Waals surface area (Å²) in [4.78, 5) is 0. The SMILES string of the molecule is CCO[Si](OCC)(OCC)C1(CC(N)N)CC1. The summed E-state index contributed by atoms with van der Waals surface area (Å²) in [7, 11) is -2.63. The van der Waals surface area contributed by atoms with Crippen molar-refractivity contribution in [1.29, 1.82) is 0 Å². The van der Waals surface area contributed by atoms with Gasteiger partial charge in [-0.3, -0.25) is 0 Å². The van der Waals surface area contributed by atoms with Gasteiger partial charge in [0.25, 0.3) is 0 Å². The van der Waals surface area contributed by atoms with Crippen LogP contribution in [-0.2, 0) is 13.3 Å². The highest BCUT2D eigenvalue weighted by Gasteiger charge is 2.67. The van der Waals surface area contributed by atoms with Gasteiger partial charge in [-0.1, -0.05) is 0 Å². The fourth-order valence-electron chi connectivity index (χ4n) is 2.39. The molecule has 102 valence electrons. The summed E-state index contributed by atoms with van der Waals surface area (Å²) < 4.78 is 17.8. The van der Waals surface area contributed by atoms with Crippen LogP contribution in [-0.4, -0.2) is 34.8 Å². The Balaban J connectivity index is 2.85. The first kappa shape index (κ1) is 15.1. The number of hydrogen-bond acceptors (Lipinski definition) is 5. The van der Waals surface area contributed by atoms with Crippen LogP contribution in [0.25, 0.3) is 0 Å². The number of rotatable bonds is 9. The molecule has 1 aliphatic carbocycles. The van der Waals surface area contributed by atoms with Crippen molar-refractivity contribution in [1.82, 2.24) is 0 Å². The molecule has 0 radical (unpaired) electrons. The Morgan fingerprint density at radius 3 is 1.65 bits per heavy atom. The second kappa shape index (κ2) is 6.26. The van der Waals surface area contributed by atoms with Crippen molar-refractivity contribution < 1.29 is 13.3 Å². The predicted molar refractivity (Wildman–Crippen MR) is 69.3 cm³/mol.